The Kier molecular flexibility index (Phi) is 3.85. The zero-order valence-electron chi connectivity index (χ0n) is 10.7. The minimum atomic E-state index is -0.498. The lowest BCUT2D eigenvalue weighted by Gasteiger charge is -2.06. The van der Waals surface area contributed by atoms with Crippen LogP contribution in [0.4, 0.5) is 5.69 Å². The molecule has 0 amide bonds. The fraction of sp³-hybridized carbons (Fsp3) is 0.250. The third-order valence-electron chi connectivity index (χ3n) is 2.86. The van der Waals surface area contributed by atoms with E-state index in [0.717, 1.165) is 0 Å². The average Bonchev–Trinajstić information content (AvgIpc) is 2.46. The van der Waals surface area contributed by atoms with E-state index in [2.05, 4.69) is 15.2 Å². The van der Waals surface area contributed by atoms with Crippen molar-refractivity contribution in [2.24, 2.45) is 5.73 Å². The molecule has 0 bridgehead atoms. The highest BCUT2D eigenvalue weighted by Gasteiger charge is 2.13. The Morgan fingerprint density at radius 1 is 1.35 bits per heavy atom. The van der Waals surface area contributed by atoms with Gasteiger partial charge in [0, 0.05) is 17.7 Å². The summed E-state index contributed by atoms with van der Waals surface area (Å²) >= 11 is 0. The summed E-state index contributed by atoms with van der Waals surface area (Å²) in [5.74, 6) is 0.247. The molecule has 2 rings (SSSR count). The first-order valence-electron chi connectivity index (χ1n) is 6.00. The molecule has 0 saturated carbocycles. The van der Waals surface area contributed by atoms with E-state index in [4.69, 9.17) is 5.73 Å². The predicted molar refractivity (Wildman–Crippen MR) is 72.0 cm³/mol. The normalized spacial score (nSPS) is 12.1. The van der Waals surface area contributed by atoms with E-state index in [1.54, 1.807) is 0 Å². The van der Waals surface area contributed by atoms with Gasteiger partial charge in [-0.05, 0) is 18.6 Å². The standard InChI is InChI=1S/C12H13N5O3/c1-2-9(13)10-12(18)14-11(16-15-10)7-3-5-8(6-4-7)17(19)20/h3-6,9H,2,13H2,1H3,(H,14,16,18). The van der Waals surface area contributed by atoms with Gasteiger partial charge in [-0.15, -0.1) is 10.2 Å². The molecule has 1 atom stereocenters. The molecule has 2 aromatic rings. The number of hydrogen-bond acceptors (Lipinski definition) is 6. The molecule has 0 aliphatic heterocycles. The van der Waals surface area contributed by atoms with E-state index >= 15 is 0 Å². The first-order valence-corrected chi connectivity index (χ1v) is 6.00. The van der Waals surface area contributed by atoms with Gasteiger partial charge in [-0.1, -0.05) is 6.92 Å². The minimum absolute atomic E-state index is 0.0336. The van der Waals surface area contributed by atoms with Crippen LogP contribution in [0.15, 0.2) is 29.1 Å². The zero-order valence-corrected chi connectivity index (χ0v) is 10.7. The highest BCUT2D eigenvalue weighted by Crippen LogP contribution is 2.18. The summed E-state index contributed by atoms with van der Waals surface area (Å²) in [5.41, 5.74) is 6.02. The summed E-state index contributed by atoms with van der Waals surface area (Å²) in [6, 6.07) is 5.20. The van der Waals surface area contributed by atoms with E-state index in [0.29, 0.717) is 12.0 Å². The fourth-order valence-corrected chi connectivity index (χ4v) is 1.65. The maximum Gasteiger partial charge on any atom is 0.274 e. The smallest absolute Gasteiger partial charge is 0.274 e. The molecule has 1 aromatic carbocycles. The molecule has 1 heterocycles. The maximum absolute atomic E-state index is 11.8. The van der Waals surface area contributed by atoms with Crippen molar-refractivity contribution in [1.29, 1.82) is 0 Å². The van der Waals surface area contributed by atoms with Crippen LogP contribution in [0.2, 0.25) is 0 Å². The monoisotopic (exact) mass is 275 g/mol. The molecule has 8 heteroatoms. The van der Waals surface area contributed by atoms with Crippen molar-refractivity contribution in [2.75, 3.05) is 0 Å². The summed E-state index contributed by atoms with van der Waals surface area (Å²) in [6.07, 6.45) is 0.578. The van der Waals surface area contributed by atoms with Crippen molar-refractivity contribution in [1.82, 2.24) is 15.2 Å². The number of non-ortho nitro benzene ring substituents is 1. The lowest BCUT2D eigenvalue weighted by molar-refractivity contribution is -0.384. The zero-order chi connectivity index (χ0) is 14.7. The second kappa shape index (κ2) is 5.57. The highest BCUT2D eigenvalue weighted by molar-refractivity contribution is 5.56. The number of rotatable bonds is 4. The molecule has 20 heavy (non-hydrogen) atoms. The third kappa shape index (κ3) is 2.69. The summed E-state index contributed by atoms with van der Waals surface area (Å²) in [4.78, 5) is 24.5. The van der Waals surface area contributed by atoms with Crippen molar-refractivity contribution < 1.29 is 4.92 Å². The van der Waals surface area contributed by atoms with Gasteiger partial charge in [-0.2, -0.15) is 0 Å². The lowest BCUT2D eigenvalue weighted by Crippen LogP contribution is -2.24. The van der Waals surface area contributed by atoms with Crippen LogP contribution < -0.4 is 11.3 Å². The largest absolute Gasteiger partial charge is 0.322 e. The highest BCUT2D eigenvalue weighted by atomic mass is 16.6. The number of nitro benzene ring substituents is 1. The van der Waals surface area contributed by atoms with E-state index in [1.807, 2.05) is 6.92 Å². The van der Waals surface area contributed by atoms with Gasteiger partial charge in [-0.25, -0.2) is 0 Å². The molecule has 0 fully saturated rings. The Morgan fingerprint density at radius 3 is 2.50 bits per heavy atom. The molecule has 0 aliphatic rings. The predicted octanol–water partition coefficient (Wildman–Crippen LogP) is 1.15. The average molecular weight is 275 g/mol. The molecule has 104 valence electrons. The van der Waals surface area contributed by atoms with Crippen LogP contribution in [0, 0.1) is 10.1 Å². The molecule has 0 radical (unpaired) electrons. The molecule has 0 saturated heterocycles. The van der Waals surface area contributed by atoms with Gasteiger partial charge in [0.25, 0.3) is 11.2 Å². The van der Waals surface area contributed by atoms with Crippen LogP contribution in [0.25, 0.3) is 11.4 Å². The topological polar surface area (TPSA) is 128 Å². The number of aromatic amines is 1. The van der Waals surface area contributed by atoms with Gasteiger partial charge in [-0.3, -0.25) is 14.9 Å². The summed E-state index contributed by atoms with van der Waals surface area (Å²) in [6.45, 7) is 1.84. The number of nitrogens with zero attached hydrogens (tertiary/aromatic N) is 3. The first kappa shape index (κ1) is 13.8. The van der Waals surface area contributed by atoms with Crippen LogP contribution in [0.3, 0.4) is 0 Å². The van der Waals surface area contributed by atoms with Crippen molar-refractivity contribution >= 4 is 5.69 Å². The summed E-state index contributed by atoms with van der Waals surface area (Å²) in [5, 5.41) is 18.3. The maximum atomic E-state index is 11.8. The Hall–Kier alpha value is -2.61. The number of nitrogens with two attached hydrogens (primary N) is 1. The fourth-order valence-electron chi connectivity index (χ4n) is 1.65. The van der Waals surface area contributed by atoms with Gasteiger partial charge >= 0.3 is 0 Å². The number of hydrogen-bond donors (Lipinski definition) is 2. The minimum Gasteiger partial charge on any atom is -0.322 e. The molecular weight excluding hydrogens is 262 g/mol. The summed E-state index contributed by atoms with van der Waals surface area (Å²) in [7, 11) is 0. The molecule has 8 nitrogen and oxygen atoms in total. The molecule has 3 N–H and O–H groups in total. The van der Waals surface area contributed by atoms with E-state index < -0.39 is 16.5 Å². The van der Waals surface area contributed by atoms with E-state index in [9.17, 15) is 14.9 Å². The SMILES string of the molecule is CCC(N)c1nnc(-c2ccc([N+](=O)[O-])cc2)[nH]c1=O. The number of H-pyrrole nitrogens is 1. The van der Waals surface area contributed by atoms with Gasteiger partial charge < -0.3 is 10.7 Å². The third-order valence-corrected chi connectivity index (χ3v) is 2.86. The molecule has 0 aliphatic carbocycles. The molecule has 0 spiro atoms. The first-order chi connectivity index (χ1) is 9.52. The Morgan fingerprint density at radius 2 is 2.00 bits per heavy atom. The van der Waals surface area contributed by atoms with Crippen LogP contribution in [0.5, 0.6) is 0 Å². The molecule has 1 aromatic heterocycles. The Labute approximate surface area is 113 Å². The number of benzene rings is 1. The van der Waals surface area contributed by atoms with Crippen LogP contribution >= 0.6 is 0 Å². The van der Waals surface area contributed by atoms with E-state index in [-0.39, 0.29) is 17.2 Å². The van der Waals surface area contributed by atoms with Crippen LogP contribution in [0.1, 0.15) is 25.1 Å². The van der Waals surface area contributed by atoms with Crippen LogP contribution in [-0.4, -0.2) is 20.1 Å². The van der Waals surface area contributed by atoms with Crippen molar-refractivity contribution in [3.63, 3.8) is 0 Å². The summed E-state index contributed by atoms with van der Waals surface area (Å²) < 4.78 is 0. The number of nitro groups is 1. The van der Waals surface area contributed by atoms with Gasteiger partial charge in [0.2, 0.25) is 0 Å². The number of nitrogens with one attached hydrogen (secondary N) is 1. The number of aromatic nitrogens is 3. The quantitative estimate of drug-likeness (QED) is 0.636. The second-order valence-corrected chi connectivity index (χ2v) is 4.21. The van der Waals surface area contributed by atoms with Gasteiger partial charge in [0.15, 0.2) is 5.82 Å². The van der Waals surface area contributed by atoms with Crippen LogP contribution in [-0.2, 0) is 0 Å². The van der Waals surface area contributed by atoms with Gasteiger partial charge in [0.1, 0.15) is 5.69 Å². The Bertz CT molecular complexity index is 680. The second-order valence-electron chi connectivity index (χ2n) is 4.21. The Balaban J connectivity index is 2.36. The van der Waals surface area contributed by atoms with E-state index in [1.165, 1.54) is 24.3 Å². The molecule has 1 unspecified atom stereocenters. The van der Waals surface area contributed by atoms with Gasteiger partial charge in [0.05, 0.1) is 11.0 Å². The van der Waals surface area contributed by atoms with Crippen molar-refractivity contribution in [3.8, 4) is 11.4 Å². The van der Waals surface area contributed by atoms with Crippen molar-refractivity contribution in [2.45, 2.75) is 19.4 Å². The lowest BCUT2D eigenvalue weighted by atomic mass is 10.1. The van der Waals surface area contributed by atoms with Crippen molar-refractivity contribution in [3.05, 3.63) is 50.4 Å². The molecular formula is C12H13N5O3.